The van der Waals surface area contributed by atoms with Crippen LogP contribution in [0.15, 0.2) is 0 Å². The van der Waals surface area contributed by atoms with Crippen molar-refractivity contribution < 1.29 is 24.6 Å². The molecular weight excluding hydrogens is 294 g/mol. The number of rotatable bonds is 8. The quantitative estimate of drug-likeness (QED) is 0.169. The fourth-order valence-corrected chi connectivity index (χ4v) is 2.33. The molecule has 1 heterocycles. The van der Waals surface area contributed by atoms with Crippen molar-refractivity contribution in [1.29, 1.82) is 5.41 Å². The Morgan fingerprint density at radius 1 is 1.50 bits per heavy atom. The molecule has 0 spiro atoms. The predicted octanol–water partition coefficient (Wildman–Crippen LogP) is -2.02. The highest BCUT2D eigenvalue weighted by Gasteiger charge is 2.36. The van der Waals surface area contributed by atoms with Crippen molar-refractivity contribution >= 4 is 23.8 Å². The van der Waals surface area contributed by atoms with Crippen LogP contribution in [-0.4, -0.2) is 70.6 Å². The molecule has 7 N–H and O–H groups in total. The number of carbonyl (C=O) groups excluding carboxylic acids is 1. The van der Waals surface area contributed by atoms with Gasteiger partial charge < -0.3 is 31.5 Å². The number of carboxylic acid groups (broad SMARTS) is 2. The monoisotopic (exact) mass is 315 g/mol. The SMILES string of the molecule is N=C(N)NCCC[C@@H](C(=O)O)N1CCN[C@@H](CC(=O)O)C1=O. The molecule has 1 amide bonds. The largest absolute Gasteiger partial charge is 0.481 e. The Bertz CT molecular complexity index is 455. The van der Waals surface area contributed by atoms with Crippen molar-refractivity contribution in [3.8, 4) is 0 Å². The summed E-state index contributed by atoms with van der Waals surface area (Å²) in [7, 11) is 0. The molecule has 10 heteroatoms. The number of hydrogen-bond acceptors (Lipinski definition) is 5. The zero-order valence-electron chi connectivity index (χ0n) is 12.0. The molecule has 0 bridgehead atoms. The first-order valence-electron chi connectivity index (χ1n) is 6.89. The van der Waals surface area contributed by atoms with E-state index in [2.05, 4.69) is 10.6 Å². The van der Waals surface area contributed by atoms with Gasteiger partial charge in [-0.05, 0) is 12.8 Å². The molecule has 10 nitrogen and oxygen atoms in total. The van der Waals surface area contributed by atoms with Gasteiger partial charge in [-0.3, -0.25) is 15.0 Å². The number of hydrogen-bond donors (Lipinski definition) is 6. The maximum atomic E-state index is 12.2. The highest BCUT2D eigenvalue weighted by Crippen LogP contribution is 2.14. The van der Waals surface area contributed by atoms with Crippen LogP contribution in [0, 0.1) is 5.41 Å². The molecule has 124 valence electrons. The molecule has 1 aliphatic rings. The lowest BCUT2D eigenvalue weighted by atomic mass is 10.0. The summed E-state index contributed by atoms with van der Waals surface area (Å²) >= 11 is 0. The van der Waals surface area contributed by atoms with Gasteiger partial charge in [0.15, 0.2) is 5.96 Å². The second-order valence-corrected chi connectivity index (χ2v) is 4.97. The minimum absolute atomic E-state index is 0.196. The van der Waals surface area contributed by atoms with Crippen LogP contribution in [-0.2, 0) is 14.4 Å². The van der Waals surface area contributed by atoms with Gasteiger partial charge in [-0.25, -0.2) is 4.79 Å². The van der Waals surface area contributed by atoms with E-state index in [1.807, 2.05) is 0 Å². The molecule has 1 rings (SSSR count). The number of carboxylic acids is 2. The van der Waals surface area contributed by atoms with E-state index in [0.717, 1.165) is 0 Å². The van der Waals surface area contributed by atoms with Crippen molar-refractivity contribution in [2.75, 3.05) is 19.6 Å². The Balaban J connectivity index is 2.65. The molecule has 0 aliphatic carbocycles. The third-order valence-electron chi connectivity index (χ3n) is 3.33. The van der Waals surface area contributed by atoms with Gasteiger partial charge in [0.1, 0.15) is 6.04 Å². The van der Waals surface area contributed by atoms with E-state index in [0.29, 0.717) is 19.5 Å². The Morgan fingerprint density at radius 3 is 2.73 bits per heavy atom. The molecule has 0 unspecified atom stereocenters. The number of aliphatic carboxylic acids is 2. The number of nitrogens with zero attached hydrogens (tertiary/aromatic N) is 1. The fourth-order valence-electron chi connectivity index (χ4n) is 2.33. The van der Waals surface area contributed by atoms with Crippen molar-refractivity contribution in [1.82, 2.24) is 15.5 Å². The molecule has 22 heavy (non-hydrogen) atoms. The van der Waals surface area contributed by atoms with Gasteiger partial charge in [-0.1, -0.05) is 0 Å². The van der Waals surface area contributed by atoms with Crippen molar-refractivity contribution in [3.63, 3.8) is 0 Å². The first-order chi connectivity index (χ1) is 10.3. The number of nitrogens with one attached hydrogen (secondary N) is 3. The standard InChI is InChI=1S/C12H21N5O5/c13-12(14)16-3-1-2-8(11(21)22)17-5-4-15-7(10(17)20)6-9(18)19/h7-8,15H,1-6H2,(H,18,19)(H,21,22)(H4,13,14,16)/t7-,8-/m0/s1. The molecule has 0 saturated carbocycles. The molecule has 1 saturated heterocycles. The average Bonchev–Trinajstić information content (AvgIpc) is 2.41. The summed E-state index contributed by atoms with van der Waals surface area (Å²) < 4.78 is 0. The summed E-state index contributed by atoms with van der Waals surface area (Å²) in [6.45, 7) is 0.892. The van der Waals surface area contributed by atoms with Crippen LogP contribution in [0.3, 0.4) is 0 Å². The van der Waals surface area contributed by atoms with Crippen LogP contribution in [0.25, 0.3) is 0 Å². The first kappa shape index (κ1) is 17.7. The minimum atomic E-state index is -1.13. The van der Waals surface area contributed by atoms with E-state index in [-0.39, 0.29) is 25.3 Å². The smallest absolute Gasteiger partial charge is 0.326 e. The molecule has 0 aromatic heterocycles. The van der Waals surface area contributed by atoms with Crippen LogP contribution in [0.2, 0.25) is 0 Å². The van der Waals surface area contributed by atoms with Gasteiger partial charge >= 0.3 is 11.9 Å². The Labute approximate surface area is 127 Å². The van der Waals surface area contributed by atoms with Crippen molar-refractivity contribution in [2.45, 2.75) is 31.3 Å². The number of nitrogens with two attached hydrogens (primary N) is 1. The Kier molecular flexibility index (Phi) is 6.57. The van der Waals surface area contributed by atoms with E-state index in [4.69, 9.17) is 16.2 Å². The third kappa shape index (κ3) is 5.20. The highest BCUT2D eigenvalue weighted by molar-refractivity contribution is 5.90. The topological polar surface area (TPSA) is 169 Å². The van der Waals surface area contributed by atoms with Crippen molar-refractivity contribution in [2.24, 2.45) is 5.73 Å². The number of carbonyl (C=O) groups is 3. The van der Waals surface area contributed by atoms with Gasteiger partial charge in [-0.15, -0.1) is 0 Å². The van der Waals surface area contributed by atoms with Crippen LogP contribution in [0.5, 0.6) is 0 Å². The summed E-state index contributed by atoms with van der Waals surface area (Å²) in [6.07, 6.45) is 0.228. The Hall–Kier alpha value is -2.36. The van der Waals surface area contributed by atoms with E-state index >= 15 is 0 Å². The van der Waals surface area contributed by atoms with E-state index in [9.17, 15) is 19.5 Å². The lowest BCUT2D eigenvalue weighted by Crippen LogP contribution is -2.60. The lowest BCUT2D eigenvalue weighted by Gasteiger charge is -2.36. The van der Waals surface area contributed by atoms with E-state index in [1.54, 1.807) is 0 Å². The van der Waals surface area contributed by atoms with Gasteiger partial charge in [-0.2, -0.15) is 0 Å². The van der Waals surface area contributed by atoms with Gasteiger partial charge in [0.05, 0.1) is 12.5 Å². The second-order valence-electron chi connectivity index (χ2n) is 4.97. The van der Waals surface area contributed by atoms with Crippen LogP contribution >= 0.6 is 0 Å². The molecule has 0 aromatic carbocycles. The first-order valence-corrected chi connectivity index (χ1v) is 6.89. The van der Waals surface area contributed by atoms with Crippen molar-refractivity contribution in [3.05, 3.63) is 0 Å². The zero-order chi connectivity index (χ0) is 16.7. The Morgan fingerprint density at radius 2 is 2.18 bits per heavy atom. The van der Waals surface area contributed by atoms with Gasteiger partial charge in [0.25, 0.3) is 0 Å². The maximum Gasteiger partial charge on any atom is 0.326 e. The van der Waals surface area contributed by atoms with E-state index in [1.165, 1.54) is 4.90 Å². The number of piperazine rings is 1. The van der Waals surface area contributed by atoms with Crippen LogP contribution in [0.1, 0.15) is 19.3 Å². The summed E-state index contributed by atoms with van der Waals surface area (Å²) in [4.78, 5) is 35.5. The zero-order valence-corrected chi connectivity index (χ0v) is 12.0. The second kappa shape index (κ2) is 8.17. The summed E-state index contributed by atoms with van der Waals surface area (Å²) in [6, 6.07) is -1.91. The highest BCUT2D eigenvalue weighted by atomic mass is 16.4. The molecule has 1 fully saturated rings. The summed E-state index contributed by atoms with van der Waals surface area (Å²) in [5.74, 6) is -2.97. The number of guanidine groups is 1. The third-order valence-corrected chi connectivity index (χ3v) is 3.33. The predicted molar refractivity (Wildman–Crippen MR) is 76.3 cm³/mol. The molecule has 2 atom stereocenters. The van der Waals surface area contributed by atoms with E-state index < -0.39 is 29.9 Å². The van der Waals surface area contributed by atoms with Crippen LogP contribution < -0.4 is 16.4 Å². The summed E-state index contributed by atoms with van der Waals surface area (Å²) in [5.41, 5.74) is 5.13. The average molecular weight is 315 g/mol. The minimum Gasteiger partial charge on any atom is -0.481 e. The van der Waals surface area contributed by atoms with Gasteiger partial charge in [0, 0.05) is 19.6 Å². The fraction of sp³-hybridized carbons (Fsp3) is 0.667. The summed E-state index contributed by atoms with van der Waals surface area (Å²) in [5, 5.41) is 30.4. The van der Waals surface area contributed by atoms with Gasteiger partial charge in [0.2, 0.25) is 5.91 Å². The molecule has 0 radical (unpaired) electrons. The number of amides is 1. The molecule has 0 aromatic rings. The van der Waals surface area contributed by atoms with Crippen LogP contribution in [0.4, 0.5) is 0 Å². The maximum absolute atomic E-state index is 12.2. The lowest BCUT2D eigenvalue weighted by molar-refractivity contribution is -0.154. The molecular formula is C12H21N5O5. The molecule has 1 aliphatic heterocycles. The normalized spacial score (nSPS) is 19.5.